The van der Waals surface area contributed by atoms with E-state index in [1.54, 1.807) is 10.5 Å². The number of sulfonamides is 1. The fourth-order valence-corrected chi connectivity index (χ4v) is 4.46. The normalized spacial score (nSPS) is 21.2. The number of piperidine rings is 1. The molecule has 1 atom stereocenters. The van der Waals surface area contributed by atoms with Gasteiger partial charge in [0.05, 0.1) is 0 Å². The lowest BCUT2D eigenvalue weighted by Crippen LogP contribution is -2.48. The third kappa shape index (κ3) is 2.89. The van der Waals surface area contributed by atoms with Gasteiger partial charge in [0, 0.05) is 31.9 Å². The molecule has 20 heavy (non-hydrogen) atoms. The number of nitrogens with one attached hydrogen (secondary N) is 1. The van der Waals surface area contributed by atoms with Crippen LogP contribution < -0.4 is 5.32 Å². The zero-order valence-corrected chi connectivity index (χ0v) is 13.3. The quantitative estimate of drug-likeness (QED) is 0.880. The third-order valence-electron chi connectivity index (χ3n) is 3.88. The monoisotopic (exact) mass is 300 g/mol. The lowest BCUT2D eigenvalue weighted by atomic mass is 10.1. The average Bonchev–Trinajstić information content (AvgIpc) is 2.81. The number of likely N-dealkylation sites (N-methyl/N-ethyl adjacent to an activating group) is 1. The highest BCUT2D eigenvalue weighted by Gasteiger charge is 2.34. The molecule has 0 radical (unpaired) electrons. The summed E-state index contributed by atoms with van der Waals surface area (Å²) in [4.78, 5) is 4.24. The predicted molar refractivity (Wildman–Crippen MR) is 78.1 cm³/mol. The number of rotatable bonds is 5. The van der Waals surface area contributed by atoms with E-state index in [-0.39, 0.29) is 11.1 Å². The summed E-state index contributed by atoms with van der Waals surface area (Å²) in [5.74, 6) is 0.744. The average molecular weight is 300 g/mol. The van der Waals surface area contributed by atoms with Crippen molar-refractivity contribution in [2.45, 2.75) is 50.7 Å². The molecule has 0 spiro atoms. The van der Waals surface area contributed by atoms with Crippen LogP contribution in [0.25, 0.3) is 0 Å². The van der Waals surface area contributed by atoms with E-state index in [0.29, 0.717) is 13.1 Å². The van der Waals surface area contributed by atoms with Gasteiger partial charge in [0.2, 0.25) is 0 Å². The first-order valence-corrected chi connectivity index (χ1v) is 8.65. The maximum absolute atomic E-state index is 12.8. The molecule has 0 aliphatic carbocycles. The molecule has 0 saturated carbocycles. The molecule has 1 aliphatic heterocycles. The van der Waals surface area contributed by atoms with Gasteiger partial charge in [-0.15, -0.1) is 0 Å². The van der Waals surface area contributed by atoms with Gasteiger partial charge >= 0.3 is 0 Å². The highest BCUT2D eigenvalue weighted by atomic mass is 32.2. The van der Waals surface area contributed by atoms with Crippen LogP contribution in [0.15, 0.2) is 11.2 Å². The van der Waals surface area contributed by atoms with Gasteiger partial charge in [0.15, 0.2) is 5.03 Å². The maximum atomic E-state index is 12.8. The Balaban J connectivity index is 2.31. The zero-order valence-electron chi connectivity index (χ0n) is 12.5. The van der Waals surface area contributed by atoms with Gasteiger partial charge in [-0.1, -0.05) is 6.42 Å². The predicted octanol–water partition coefficient (Wildman–Crippen LogP) is 0.974. The molecule has 6 nitrogen and oxygen atoms in total. The first-order valence-electron chi connectivity index (χ1n) is 7.21. The summed E-state index contributed by atoms with van der Waals surface area (Å²) in [6, 6.07) is 0.0332. The lowest BCUT2D eigenvalue weighted by Gasteiger charge is -2.33. The molecule has 2 heterocycles. The largest absolute Gasteiger partial charge is 0.334 e. The Morgan fingerprint density at radius 3 is 2.80 bits per heavy atom. The van der Waals surface area contributed by atoms with Crippen LogP contribution in [0, 0.1) is 6.92 Å². The number of hydrogen-bond acceptors (Lipinski definition) is 4. The fraction of sp³-hybridized carbons (Fsp3) is 0.769. The van der Waals surface area contributed by atoms with Gasteiger partial charge in [0.25, 0.3) is 10.0 Å². The van der Waals surface area contributed by atoms with Crippen molar-refractivity contribution in [3.63, 3.8) is 0 Å². The summed E-state index contributed by atoms with van der Waals surface area (Å²) >= 11 is 0. The molecule has 2 rings (SSSR count). The van der Waals surface area contributed by atoms with E-state index >= 15 is 0 Å². The summed E-state index contributed by atoms with van der Waals surface area (Å²) in [6.07, 6.45) is 4.57. The van der Waals surface area contributed by atoms with Crippen molar-refractivity contribution in [1.82, 2.24) is 19.2 Å². The summed E-state index contributed by atoms with van der Waals surface area (Å²) < 4.78 is 29.0. The van der Waals surface area contributed by atoms with Crippen LogP contribution in [-0.4, -0.2) is 48.5 Å². The van der Waals surface area contributed by atoms with Crippen LogP contribution in [0.3, 0.4) is 0 Å². The van der Waals surface area contributed by atoms with Crippen LogP contribution in [0.4, 0.5) is 0 Å². The van der Waals surface area contributed by atoms with Gasteiger partial charge in [-0.3, -0.25) is 0 Å². The number of aryl methyl sites for hydroxylation is 2. The molecule has 1 N–H and O–H groups in total. The molecule has 1 aromatic rings. The topological polar surface area (TPSA) is 67.2 Å². The van der Waals surface area contributed by atoms with Crippen molar-refractivity contribution in [2.24, 2.45) is 0 Å². The Bertz CT molecular complexity index is 551. The fourth-order valence-electron chi connectivity index (χ4n) is 2.77. The highest BCUT2D eigenvalue weighted by molar-refractivity contribution is 7.89. The van der Waals surface area contributed by atoms with Gasteiger partial charge in [-0.25, -0.2) is 13.4 Å². The standard InChI is InChI=1S/C13H24N4O2S/c1-4-16-10-13(15-11(16)2)20(18,19)17-8-6-5-7-12(17)9-14-3/h10,12,14H,4-9H2,1-3H3. The van der Waals surface area contributed by atoms with Crippen molar-refractivity contribution in [2.75, 3.05) is 20.1 Å². The number of imidazole rings is 1. The van der Waals surface area contributed by atoms with Crippen molar-refractivity contribution in [1.29, 1.82) is 0 Å². The second-order valence-corrected chi connectivity index (χ2v) is 7.07. The summed E-state index contributed by atoms with van der Waals surface area (Å²) in [7, 11) is -1.63. The molecular weight excluding hydrogens is 276 g/mol. The van der Waals surface area contributed by atoms with Crippen molar-refractivity contribution < 1.29 is 8.42 Å². The van der Waals surface area contributed by atoms with E-state index in [1.165, 1.54) is 0 Å². The van der Waals surface area contributed by atoms with E-state index in [9.17, 15) is 8.42 Å². The van der Waals surface area contributed by atoms with Crippen molar-refractivity contribution in [3.8, 4) is 0 Å². The maximum Gasteiger partial charge on any atom is 0.262 e. The highest BCUT2D eigenvalue weighted by Crippen LogP contribution is 2.24. The van der Waals surface area contributed by atoms with Crippen LogP contribution >= 0.6 is 0 Å². The smallest absolute Gasteiger partial charge is 0.262 e. The number of nitrogens with zero attached hydrogens (tertiary/aromatic N) is 3. The Kier molecular flexibility index (Phi) is 4.82. The van der Waals surface area contributed by atoms with Crippen LogP contribution in [0.2, 0.25) is 0 Å². The molecule has 1 aromatic heterocycles. The Morgan fingerprint density at radius 2 is 2.20 bits per heavy atom. The molecule has 1 fully saturated rings. The molecular formula is C13H24N4O2S. The number of aromatic nitrogens is 2. The van der Waals surface area contributed by atoms with E-state index in [0.717, 1.165) is 31.6 Å². The molecule has 7 heteroatoms. The molecule has 1 unspecified atom stereocenters. The van der Waals surface area contributed by atoms with Crippen LogP contribution in [0.1, 0.15) is 32.0 Å². The molecule has 1 saturated heterocycles. The molecule has 0 bridgehead atoms. The Labute approximate surface area is 121 Å². The van der Waals surface area contributed by atoms with Crippen molar-refractivity contribution >= 4 is 10.0 Å². The Hall–Kier alpha value is -0.920. The van der Waals surface area contributed by atoms with Gasteiger partial charge in [0.1, 0.15) is 5.82 Å². The van der Waals surface area contributed by atoms with E-state index in [2.05, 4.69) is 10.3 Å². The molecule has 0 aromatic carbocycles. The van der Waals surface area contributed by atoms with Crippen LogP contribution in [-0.2, 0) is 16.6 Å². The van der Waals surface area contributed by atoms with Crippen LogP contribution in [0.5, 0.6) is 0 Å². The van der Waals surface area contributed by atoms with Gasteiger partial charge in [-0.05, 0) is 33.7 Å². The minimum absolute atomic E-state index is 0.0332. The Morgan fingerprint density at radius 1 is 1.45 bits per heavy atom. The third-order valence-corrected chi connectivity index (χ3v) is 5.70. The number of hydrogen-bond donors (Lipinski definition) is 1. The summed E-state index contributed by atoms with van der Waals surface area (Å²) in [5.41, 5.74) is 0. The molecule has 114 valence electrons. The second-order valence-electron chi connectivity index (χ2n) is 5.24. The summed E-state index contributed by atoms with van der Waals surface area (Å²) in [6.45, 7) is 5.83. The van der Waals surface area contributed by atoms with Crippen molar-refractivity contribution in [3.05, 3.63) is 12.0 Å². The first kappa shape index (κ1) is 15.5. The van der Waals surface area contributed by atoms with Gasteiger partial charge < -0.3 is 9.88 Å². The van der Waals surface area contributed by atoms with Gasteiger partial charge in [-0.2, -0.15) is 4.31 Å². The lowest BCUT2D eigenvalue weighted by molar-refractivity contribution is 0.248. The SMILES string of the molecule is CCn1cc(S(=O)(=O)N2CCCCC2CNC)nc1C. The van der Waals surface area contributed by atoms with E-state index < -0.39 is 10.0 Å². The minimum atomic E-state index is -3.48. The first-order chi connectivity index (χ1) is 9.50. The molecule has 1 aliphatic rings. The van der Waals surface area contributed by atoms with E-state index in [4.69, 9.17) is 0 Å². The van der Waals surface area contributed by atoms with E-state index in [1.807, 2.05) is 25.5 Å². The second kappa shape index (κ2) is 6.24. The molecule has 0 amide bonds. The summed E-state index contributed by atoms with van der Waals surface area (Å²) in [5, 5.41) is 3.27. The zero-order chi connectivity index (χ0) is 14.8. The minimum Gasteiger partial charge on any atom is -0.334 e.